The van der Waals surface area contributed by atoms with E-state index in [0.29, 0.717) is 24.2 Å². The van der Waals surface area contributed by atoms with E-state index in [4.69, 9.17) is 5.73 Å². The van der Waals surface area contributed by atoms with Crippen molar-refractivity contribution in [3.63, 3.8) is 0 Å². The van der Waals surface area contributed by atoms with Crippen molar-refractivity contribution in [3.8, 4) is 0 Å². The molecule has 3 rings (SSSR count). The highest BCUT2D eigenvalue weighted by atomic mass is 16.2. The van der Waals surface area contributed by atoms with Crippen LogP contribution in [0.5, 0.6) is 0 Å². The van der Waals surface area contributed by atoms with Crippen molar-refractivity contribution in [2.24, 2.45) is 0 Å². The molecule has 0 aromatic heterocycles. The lowest BCUT2D eigenvalue weighted by Gasteiger charge is -2.19. The number of hydrogen-bond acceptors (Lipinski definition) is 4. The van der Waals surface area contributed by atoms with E-state index in [1.165, 1.54) is 0 Å². The molecule has 7 nitrogen and oxygen atoms in total. The van der Waals surface area contributed by atoms with Crippen LogP contribution in [0.4, 0.5) is 16.2 Å². The number of carbonyl (C=O) groups is 3. The lowest BCUT2D eigenvalue weighted by atomic mass is 9.98. The minimum Gasteiger partial charge on any atom is -0.397 e. The van der Waals surface area contributed by atoms with E-state index >= 15 is 0 Å². The fraction of sp³-hybridized carbons (Fsp3) is 0.400. The number of carbonyl (C=O) groups excluding carboxylic acids is 3. The van der Waals surface area contributed by atoms with Crippen LogP contribution < -0.4 is 16.4 Å². The molecule has 1 spiro atoms. The van der Waals surface area contributed by atoms with Gasteiger partial charge in [-0.25, -0.2) is 4.79 Å². The molecule has 2 aliphatic rings. The van der Waals surface area contributed by atoms with Crippen LogP contribution in [-0.4, -0.2) is 34.8 Å². The summed E-state index contributed by atoms with van der Waals surface area (Å²) in [6.45, 7) is -0.305. The summed E-state index contributed by atoms with van der Waals surface area (Å²) in [5.41, 5.74) is 5.86. The van der Waals surface area contributed by atoms with Crippen LogP contribution in [0.3, 0.4) is 0 Å². The fourth-order valence-corrected chi connectivity index (χ4v) is 3.08. The first-order valence-electron chi connectivity index (χ1n) is 7.30. The number of nitrogens with zero attached hydrogens (tertiary/aromatic N) is 1. The molecule has 0 unspecified atom stereocenters. The Hall–Kier alpha value is -2.57. The molecule has 0 atom stereocenters. The van der Waals surface area contributed by atoms with Crippen molar-refractivity contribution in [1.82, 2.24) is 10.2 Å². The second-order valence-corrected chi connectivity index (χ2v) is 5.75. The molecule has 116 valence electrons. The molecule has 1 saturated carbocycles. The zero-order chi connectivity index (χ0) is 15.7. The number of rotatable bonds is 3. The summed E-state index contributed by atoms with van der Waals surface area (Å²) in [7, 11) is 0. The largest absolute Gasteiger partial charge is 0.397 e. The number of nitrogen functional groups attached to an aromatic ring is 1. The average molecular weight is 302 g/mol. The Morgan fingerprint density at radius 3 is 2.64 bits per heavy atom. The van der Waals surface area contributed by atoms with Gasteiger partial charge in [0.15, 0.2) is 0 Å². The predicted octanol–water partition coefficient (Wildman–Crippen LogP) is 1.07. The summed E-state index contributed by atoms with van der Waals surface area (Å²) >= 11 is 0. The molecule has 1 heterocycles. The van der Waals surface area contributed by atoms with E-state index in [2.05, 4.69) is 10.6 Å². The molecule has 1 saturated heterocycles. The van der Waals surface area contributed by atoms with E-state index in [9.17, 15) is 14.4 Å². The molecule has 1 aromatic rings. The maximum atomic E-state index is 12.4. The van der Waals surface area contributed by atoms with Gasteiger partial charge >= 0.3 is 6.03 Å². The number of urea groups is 1. The maximum absolute atomic E-state index is 12.4. The highest BCUT2D eigenvalue weighted by molar-refractivity contribution is 6.10. The van der Waals surface area contributed by atoms with E-state index in [-0.39, 0.29) is 12.5 Å². The van der Waals surface area contributed by atoms with Crippen LogP contribution in [0, 0.1) is 0 Å². The van der Waals surface area contributed by atoms with Gasteiger partial charge in [0.1, 0.15) is 12.1 Å². The van der Waals surface area contributed by atoms with E-state index in [1.807, 2.05) is 0 Å². The number of nitrogens with one attached hydrogen (secondary N) is 2. The number of imide groups is 1. The van der Waals surface area contributed by atoms with Crippen molar-refractivity contribution < 1.29 is 14.4 Å². The van der Waals surface area contributed by atoms with Crippen LogP contribution in [-0.2, 0) is 9.59 Å². The SMILES string of the molecule is Nc1ccccc1NC(=O)CN1C(=O)NC2(CCCC2)C1=O. The number of benzene rings is 1. The highest BCUT2D eigenvalue weighted by Crippen LogP contribution is 2.34. The molecular formula is C15H18N4O3. The van der Waals surface area contributed by atoms with Crippen molar-refractivity contribution in [2.75, 3.05) is 17.6 Å². The van der Waals surface area contributed by atoms with Gasteiger partial charge in [0.25, 0.3) is 5.91 Å². The molecule has 4 amide bonds. The Bertz CT molecular complexity index is 637. The number of para-hydroxylation sites is 2. The number of hydrogen-bond donors (Lipinski definition) is 3. The van der Waals surface area contributed by atoms with Crippen LogP contribution in [0.1, 0.15) is 25.7 Å². The van der Waals surface area contributed by atoms with E-state index in [0.717, 1.165) is 17.7 Å². The summed E-state index contributed by atoms with van der Waals surface area (Å²) in [4.78, 5) is 37.5. The Morgan fingerprint density at radius 2 is 1.95 bits per heavy atom. The average Bonchev–Trinajstić information content (AvgIpc) is 3.03. The van der Waals surface area contributed by atoms with Crippen molar-refractivity contribution >= 4 is 29.2 Å². The van der Waals surface area contributed by atoms with Gasteiger partial charge in [0.2, 0.25) is 5.91 Å². The monoisotopic (exact) mass is 302 g/mol. The van der Waals surface area contributed by atoms with E-state index < -0.39 is 17.5 Å². The van der Waals surface area contributed by atoms with Gasteiger partial charge in [-0.15, -0.1) is 0 Å². The minimum absolute atomic E-state index is 0.300. The summed E-state index contributed by atoms with van der Waals surface area (Å²) < 4.78 is 0. The fourth-order valence-electron chi connectivity index (χ4n) is 3.08. The van der Waals surface area contributed by atoms with Crippen LogP contribution in [0.25, 0.3) is 0 Å². The molecule has 7 heteroatoms. The third-order valence-electron chi connectivity index (χ3n) is 4.24. The van der Waals surface area contributed by atoms with Crippen LogP contribution in [0.15, 0.2) is 24.3 Å². The first-order chi connectivity index (χ1) is 10.5. The first kappa shape index (κ1) is 14.4. The number of amides is 4. The second kappa shape index (κ2) is 5.32. The van der Waals surface area contributed by atoms with Crippen LogP contribution in [0.2, 0.25) is 0 Å². The number of anilines is 2. The van der Waals surface area contributed by atoms with Crippen LogP contribution >= 0.6 is 0 Å². The molecule has 1 aliphatic carbocycles. The summed E-state index contributed by atoms with van der Waals surface area (Å²) in [6, 6.07) is 6.33. The molecule has 0 bridgehead atoms. The van der Waals surface area contributed by atoms with Crippen molar-refractivity contribution in [2.45, 2.75) is 31.2 Å². The molecule has 1 aromatic carbocycles. The molecule has 2 fully saturated rings. The first-order valence-corrected chi connectivity index (χ1v) is 7.30. The Labute approximate surface area is 127 Å². The quantitative estimate of drug-likeness (QED) is 0.574. The molecular weight excluding hydrogens is 284 g/mol. The van der Waals surface area contributed by atoms with Gasteiger partial charge in [0, 0.05) is 0 Å². The van der Waals surface area contributed by atoms with Gasteiger partial charge in [-0.2, -0.15) is 0 Å². The maximum Gasteiger partial charge on any atom is 0.325 e. The van der Waals surface area contributed by atoms with Gasteiger partial charge in [-0.3, -0.25) is 14.5 Å². The molecule has 4 N–H and O–H groups in total. The summed E-state index contributed by atoms with van der Waals surface area (Å²) in [5.74, 6) is -0.748. The zero-order valence-corrected chi connectivity index (χ0v) is 12.1. The minimum atomic E-state index is -0.789. The zero-order valence-electron chi connectivity index (χ0n) is 12.1. The molecule has 22 heavy (non-hydrogen) atoms. The van der Waals surface area contributed by atoms with Crippen molar-refractivity contribution in [1.29, 1.82) is 0 Å². The normalized spacial score (nSPS) is 19.5. The molecule has 1 aliphatic heterocycles. The topological polar surface area (TPSA) is 105 Å². The van der Waals surface area contributed by atoms with Gasteiger partial charge in [0.05, 0.1) is 11.4 Å². The lowest BCUT2D eigenvalue weighted by molar-refractivity contribution is -0.133. The Kier molecular flexibility index (Phi) is 3.48. The van der Waals surface area contributed by atoms with Crippen molar-refractivity contribution in [3.05, 3.63) is 24.3 Å². The smallest absolute Gasteiger partial charge is 0.325 e. The lowest BCUT2D eigenvalue weighted by Crippen LogP contribution is -2.44. The summed E-state index contributed by atoms with van der Waals surface area (Å²) in [5, 5.41) is 5.36. The van der Waals surface area contributed by atoms with E-state index in [1.54, 1.807) is 24.3 Å². The second-order valence-electron chi connectivity index (χ2n) is 5.75. The van der Waals surface area contributed by atoms with Gasteiger partial charge in [-0.1, -0.05) is 25.0 Å². The third kappa shape index (κ3) is 2.38. The number of nitrogens with two attached hydrogens (primary N) is 1. The predicted molar refractivity (Wildman–Crippen MR) is 80.9 cm³/mol. The Balaban J connectivity index is 1.68. The van der Waals surface area contributed by atoms with Gasteiger partial charge < -0.3 is 16.4 Å². The summed E-state index contributed by atoms with van der Waals surface area (Å²) in [6.07, 6.45) is 3.10. The third-order valence-corrected chi connectivity index (χ3v) is 4.24. The molecule has 0 radical (unpaired) electrons. The highest BCUT2D eigenvalue weighted by Gasteiger charge is 2.52. The standard InChI is InChI=1S/C15H18N4O3/c16-10-5-1-2-6-11(10)17-12(20)9-19-13(21)15(18-14(19)22)7-3-4-8-15/h1-2,5-6H,3-4,7-9,16H2,(H,17,20)(H,18,22). The van der Waals surface area contributed by atoms with Gasteiger partial charge in [-0.05, 0) is 25.0 Å². The Morgan fingerprint density at radius 1 is 1.27 bits per heavy atom.